The van der Waals surface area contributed by atoms with Crippen LogP contribution in [0.5, 0.6) is 0 Å². The summed E-state index contributed by atoms with van der Waals surface area (Å²) < 4.78 is 36.5. The summed E-state index contributed by atoms with van der Waals surface area (Å²) in [6, 6.07) is 0. The van der Waals surface area contributed by atoms with Crippen molar-refractivity contribution in [2.45, 2.75) is 90.5 Å². The number of alkyl halides is 1. The van der Waals surface area contributed by atoms with Crippen molar-refractivity contribution in [3.05, 3.63) is 23.6 Å². The predicted octanol–water partition coefficient (Wildman–Crippen LogP) is 4.18. The lowest BCUT2D eigenvalue weighted by atomic mass is 9.45. The monoisotopic (exact) mass is 508 g/mol. The lowest BCUT2D eigenvalue weighted by Crippen LogP contribution is -2.65. The SMILES string of the molecule is CCCCCC(=O)O[C@]1(C(=O)CO)C(C)C[C@H]2[C@@H]3CC(F)C4=C(F)C(=O)C=C[C@]4(C)[C@H]3C(O)C[C@@]21C. The van der Waals surface area contributed by atoms with E-state index in [1.165, 1.54) is 6.08 Å². The highest BCUT2D eigenvalue weighted by molar-refractivity contribution is 6.04. The molecule has 2 N–H and O–H groups in total. The molecule has 0 radical (unpaired) electrons. The number of Topliss-reactive ketones (excluding diaryl/α,β-unsaturated/α-hetero) is 1. The molecule has 36 heavy (non-hydrogen) atoms. The summed E-state index contributed by atoms with van der Waals surface area (Å²) in [5.41, 5.74) is -4.08. The second-order valence-electron chi connectivity index (χ2n) is 11.8. The van der Waals surface area contributed by atoms with Crippen LogP contribution in [0.3, 0.4) is 0 Å². The summed E-state index contributed by atoms with van der Waals surface area (Å²) in [6.45, 7) is 6.47. The third-order valence-corrected chi connectivity index (χ3v) is 9.91. The van der Waals surface area contributed by atoms with Crippen LogP contribution in [0.4, 0.5) is 8.78 Å². The number of carbonyl (C=O) groups excluding carboxylic acids is 3. The maximum atomic E-state index is 15.6. The molecule has 9 atom stereocenters. The first-order valence-electron chi connectivity index (χ1n) is 13.2. The minimum atomic E-state index is -1.71. The van der Waals surface area contributed by atoms with Gasteiger partial charge in [0, 0.05) is 34.7 Å². The highest BCUT2D eigenvalue weighted by Crippen LogP contribution is 2.69. The number of ether oxygens (including phenoxy) is 1. The van der Waals surface area contributed by atoms with Crippen LogP contribution in [0.15, 0.2) is 23.6 Å². The zero-order chi connectivity index (χ0) is 26.6. The van der Waals surface area contributed by atoms with Crippen molar-refractivity contribution in [1.82, 2.24) is 0 Å². The van der Waals surface area contributed by atoms with Crippen molar-refractivity contribution >= 4 is 17.5 Å². The van der Waals surface area contributed by atoms with Gasteiger partial charge in [-0.1, -0.05) is 46.6 Å². The third-order valence-electron chi connectivity index (χ3n) is 9.91. The Labute approximate surface area is 211 Å². The van der Waals surface area contributed by atoms with Crippen molar-refractivity contribution in [1.29, 1.82) is 0 Å². The predicted molar refractivity (Wildman–Crippen MR) is 128 cm³/mol. The topological polar surface area (TPSA) is 101 Å². The van der Waals surface area contributed by atoms with E-state index in [2.05, 4.69) is 0 Å². The molecule has 0 heterocycles. The Bertz CT molecular complexity index is 1010. The van der Waals surface area contributed by atoms with E-state index in [9.17, 15) is 29.0 Å². The van der Waals surface area contributed by atoms with E-state index in [0.717, 1.165) is 18.9 Å². The third kappa shape index (κ3) is 3.65. The van der Waals surface area contributed by atoms with Gasteiger partial charge in [-0.3, -0.25) is 14.4 Å². The smallest absolute Gasteiger partial charge is 0.306 e. The molecule has 0 saturated heterocycles. The van der Waals surface area contributed by atoms with Gasteiger partial charge in [0.2, 0.25) is 11.6 Å². The molecule has 3 unspecified atom stereocenters. The van der Waals surface area contributed by atoms with Gasteiger partial charge in [-0.15, -0.1) is 0 Å². The standard InChI is InChI=1S/C28H38F2O6/c1-5-6-7-8-22(35)36-28(21(34)14-31)15(2)11-17-16-12-18(29)24-25(30)19(32)9-10-26(24,3)23(16)20(33)13-27(17,28)4/h9-10,15-18,20,23,31,33H,5-8,11-14H2,1-4H3/t15?,16-,17-,18?,20?,23+,26+,27-,28-/m0/s1. The van der Waals surface area contributed by atoms with E-state index in [4.69, 9.17) is 4.74 Å². The van der Waals surface area contributed by atoms with Gasteiger partial charge in [-0.2, -0.15) is 0 Å². The Morgan fingerprint density at radius 3 is 2.56 bits per heavy atom. The number of hydrogen-bond donors (Lipinski definition) is 2. The molecular weight excluding hydrogens is 470 g/mol. The maximum absolute atomic E-state index is 15.6. The fraction of sp³-hybridized carbons (Fsp3) is 0.750. The van der Waals surface area contributed by atoms with E-state index >= 15 is 4.39 Å². The number of halogens is 2. The number of hydrogen-bond acceptors (Lipinski definition) is 6. The Morgan fingerprint density at radius 2 is 1.92 bits per heavy atom. The van der Waals surface area contributed by atoms with Crippen LogP contribution in [0, 0.1) is 34.5 Å². The van der Waals surface area contributed by atoms with E-state index in [1.54, 1.807) is 20.8 Å². The van der Waals surface area contributed by atoms with Crippen LogP contribution in [0.2, 0.25) is 0 Å². The number of fused-ring (bicyclic) bond motifs is 5. The molecule has 8 heteroatoms. The molecule has 4 aliphatic rings. The number of rotatable bonds is 7. The van der Waals surface area contributed by atoms with Crippen LogP contribution < -0.4 is 0 Å². The second-order valence-corrected chi connectivity index (χ2v) is 11.8. The van der Waals surface area contributed by atoms with Crippen molar-refractivity contribution in [2.75, 3.05) is 6.61 Å². The molecule has 200 valence electrons. The summed E-state index contributed by atoms with van der Waals surface area (Å²) in [5, 5.41) is 21.5. The fourth-order valence-electron chi connectivity index (χ4n) is 8.49. The van der Waals surface area contributed by atoms with Gasteiger partial charge in [0.05, 0.1) is 6.10 Å². The second kappa shape index (κ2) is 9.43. The molecule has 4 rings (SSSR count). The van der Waals surface area contributed by atoms with Crippen molar-refractivity contribution in [3.8, 4) is 0 Å². The molecule has 0 aromatic rings. The molecular formula is C28H38F2O6. The average Bonchev–Trinajstić information content (AvgIpc) is 3.03. The van der Waals surface area contributed by atoms with Gasteiger partial charge in [0.1, 0.15) is 12.8 Å². The summed E-state index contributed by atoms with van der Waals surface area (Å²) in [5.74, 6) is -4.86. The summed E-state index contributed by atoms with van der Waals surface area (Å²) in [4.78, 5) is 38.3. The molecule has 4 aliphatic carbocycles. The molecule has 0 amide bonds. The van der Waals surface area contributed by atoms with Gasteiger partial charge >= 0.3 is 5.97 Å². The van der Waals surface area contributed by atoms with Crippen LogP contribution in [-0.2, 0) is 19.1 Å². The lowest BCUT2D eigenvalue weighted by Gasteiger charge is -2.60. The highest BCUT2D eigenvalue weighted by atomic mass is 19.1. The Morgan fingerprint density at radius 1 is 1.22 bits per heavy atom. The molecule has 0 spiro atoms. The molecule has 3 fully saturated rings. The summed E-state index contributed by atoms with van der Waals surface area (Å²) >= 11 is 0. The highest BCUT2D eigenvalue weighted by Gasteiger charge is 2.73. The lowest BCUT2D eigenvalue weighted by molar-refractivity contribution is -0.206. The van der Waals surface area contributed by atoms with Crippen LogP contribution in [0.25, 0.3) is 0 Å². The summed E-state index contributed by atoms with van der Waals surface area (Å²) in [7, 11) is 0. The minimum Gasteiger partial charge on any atom is -0.450 e. The van der Waals surface area contributed by atoms with Crippen molar-refractivity contribution in [3.63, 3.8) is 0 Å². The number of unbranched alkanes of at least 4 members (excludes halogenated alkanes) is 2. The molecule has 6 nitrogen and oxygen atoms in total. The number of ketones is 2. The van der Waals surface area contributed by atoms with Gasteiger partial charge in [-0.05, 0) is 43.6 Å². The van der Waals surface area contributed by atoms with E-state index in [-0.39, 0.29) is 30.8 Å². The first-order valence-corrected chi connectivity index (χ1v) is 13.2. The number of allylic oxidation sites excluding steroid dienone is 4. The number of aliphatic hydroxyl groups excluding tert-OH is 2. The van der Waals surface area contributed by atoms with Crippen LogP contribution in [0.1, 0.15) is 72.6 Å². The first-order chi connectivity index (χ1) is 16.9. The number of aliphatic hydroxyl groups is 2. The van der Waals surface area contributed by atoms with Crippen molar-refractivity contribution in [2.24, 2.45) is 34.5 Å². The van der Waals surface area contributed by atoms with Gasteiger partial charge in [0.15, 0.2) is 11.4 Å². The van der Waals surface area contributed by atoms with E-state index in [1.807, 2.05) is 6.92 Å². The van der Waals surface area contributed by atoms with Gasteiger partial charge < -0.3 is 14.9 Å². The number of esters is 1. The van der Waals surface area contributed by atoms with E-state index < -0.39 is 76.4 Å². The summed E-state index contributed by atoms with van der Waals surface area (Å²) in [6.07, 6.45) is 2.78. The zero-order valence-corrected chi connectivity index (χ0v) is 21.6. The van der Waals surface area contributed by atoms with Gasteiger partial charge in [-0.25, -0.2) is 8.78 Å². The zero-order valence-electron chi connectivity index (χ0n) is 21.6. The fourth-order valence-corrected chi connectivity index (χ4v) is 8.49. The average molecular weight is 509 g/mol. The maximum Gasteiger partial charge on any atom is 0.306 e. The molecule has 0 aromatic heterocycles. The van der Waals surface area contributed by atoms with Crippen LogP contribution in [-0.4, -0.2) is 52.2 Å². The molecule has 0 aromatic carbocycles. The molecule has 0 bridgehead atoms. The Kier molecular flexibility index (Phi) is 7.10. The number of carbonyl (C=O) groups is 3. The largest absolute Gasteiger partial charge is 0.450 e. The molecule has 3 saturated carbocycles. The minimum absolute atomic E-state index is 0.0698. The first kappa shape index (κ1) is 27.1. The Hall–Kier alpha value is -1.93. The molecule has 0 aliphatic heterocycles. The normalized spacial score (nSPS) is 43.6. The van der Waals surface area contributed by atoms with Crippen LogP contribution >= 0.6 is 0 Å². The van der Waals surface area contributed by atoms with Gasteiger partial charge in [0.25, 0.3) is 0 Å². The van der Waals surface area contributed by atoms with Crippen molar-refractivity contribution < 1.29 is 38.1 Å². The quantitative estimate of drug-likeness (QED) is 0.395. The van der Waals surface area contributed by atoms with E-state index in [0.29, 0.717) is 12.8 Å². The Balaban J connectivity index is 1.76.